The van der Waals surface area contributed by atoms with Crippen molar-refractivity contribution in [3.05, 3.63) is 128 Å². The molecule has 0 saturated carbocycles. The van der Waals surface area contributed by atoms with Gasteiger partial charge < -0.3 is 9.97 Å². The molecule has 32 heavy (non-hydrogen) atoms. The Morgan fingerprint density at radius 3 is 1.69 bits per heavy atom. The molecular weight excluding hydrogens is 390 g/mol. The quantitative estimate of drug-likeness (QED) is 0.262. The lowest BCUT2D eigenvalue weighted by Crippen LogP contribution is -1.73. The van der Waals surface area contributed by atoms with Crippen molar-refractivity contribution >= 4 is 43.5 Å². The summed E-state index contributed by atoms with van der Waals surface area (Å²) in [5.41, 5.74) is 3.66. The second kappa shape index (κ2) is 9.19. The lowest BCUT2D eigenvalue weighted by molar-refractivity contribution is 1.33. The molecule has 0 spiro atoms. The van der Waals surface area contributed by atoms with Crippen LogP contribution in [0.15, 0.2) is 128 Å². The number of benzene rings is 4. The van der Waals surface area contributed by atoms with Crippen LogP contribution in [0.5, 0.6) is 0 Å². The number of para-hydroxylation sites is 2. The van der Waals surface area contributed by atoms with E-state index in [0.29, 0.717) is 0 Å². The van der Waals surface area contributed by atoms with Crippen molar-refractivity contribution in [3.8, 4) is 0 Å². The fourth-order valence-electron chi connectivity index (χ4n) is 3.91. The molecule has 2 N–H and O–H groups in total. The van der Waals surface area contributed by atoms with Crippen molar-refractivity contribution < 1.29 is 0 Å². The van der Waals surface area contributed by atoms with Gasteiger partial charge in [-0.15, -0.1) is 0 Å². The highest BCUT2D eigenvalue weighted by Crippen LogP contribution is 2.24. The summed E-state index contributed by atoms with van der Waals surface area (Å²) in [4.78, 5) is 10.4. The van der Waals surface area contributed by atoms with Gasteiger partial charge in [-0.25, -0.2) is 0 Å². The number of nitrogens with zero attached hydrogens (tertiary/aromatic N) is 1. The van der Waals surface area contributed by atoms with Crippen molar-refractivity contribution in [2.75, 3.05) is 0 Å². The summed E-state index contributed by atoms with van der Waals surface area (Å²) in [5.74, 6) is 0. The van der Waals surface area contributed by atoms with Crippen LogP contribution in [-0.2, 0) is 0 Å². The van der Waals surface area contributed by atoms with Crippen LogP contribution in [0.1, 0.15) is 0 Å². The van der Waals surface area contributed by atoms with Gasteiger partial charge in [0.1, 0.15) is 0 Å². The topological polar surface area (TPSA) is 44.5 Å². The van der Waals surface area contributed by atoms with Crippen molar-refractivity contribution in [2.24, 2.45) is 0 Å². The molecule has 4 aromatic carbocycles. The van der Waals surface area contributed by atoms with E-state index in [1.54, 1.807) is 12.4 Å². The van der Waals surface area contributed by atoms with Crippen LogP contribution in [0.4, 0.5) is 0 Å². The maximum absolute atomic E-state index is 3.78. The first-order valence-electron chi connectivity index (χ1n) is 10.7. The van der Waals surface area contributed by atoms with E-state index in [4.69, 9.17) is 0 Å². The number of hydrogen-bond donors (Lipinski definition) is 2. The molecule has 0 saturated heterocycles. The van der Waals surface area contributed by atoms with E-state index in [-0.39, 0.29) is 0 Å². The lowest BCUT2D eigenvalue weighted by atomic mass is 10.1. The Balaban J connectivity index is 0.000000109. The average Bonchev–Trinajstić information content (AvgIpc) is 3.51. The largest absolute Gasteiger partial charge is 0.361 e. The summed E-state index contributed by atoms with van der Waals surface area (Å²) in [6, 6.07) is 37.3. The molecule has 0 unspecified atom stereocenters. The predicted octanol–water partition coefficient (Wildman–Crippen LogP) is 7.72. The van der Waals surface area contributed by atoms with Gasteiger partial charge in [0.2, 0.25) is 0 Å². The second-order valence-corrected chi connectivity index (χ2v) is 7.47. The van der Waals surface area contributed by atoms with Crippen LogP contribution in [0, 0.1) is 0 Å². The minimum Gasteiger partial charge on any atom is -0.361 e. The molecule has 0 amide bonds. The second-order valence-electron chi connectivity index (χ2n) is 7.47. The Labute approximate surface area is 186 Å². The minimum absolute atomic E-state index is 1.21. The van der Waals surface area contributed by atoms with Gasteiger partial charge in [0.05, 0.1) is 5.52 Å². The molecule has 0 aliphatic carbocycles. The van der Waals surface area contributed by atoms with E-state index in [0.717, 1.165) is 0 Å². The summed E-state index contributed by atoms with van der Waals surface area (Å²) in [5, 5.41) is 6.47. The number of H-pyrrole nitrogens is 2. The number of pyridine rings is 1. The van der Waals surface area contributed by atoms with Gasteiger partial charge in [-0.3, -0.25) is 4.98 Å². The Hall–Kier alpha value is -4.37. The van der Waals surface area contributed by atoms with E-state index < -0.39 is 0 Å². The molecule has 3 heterocycles. The fourth-order valence-corrected chi connectivity index (χ4v) is 3.91. The van der Waals surface area contributed by atoms with Crippen LogP contribution in [0.25, 0.3) is 43.5 Å². The molecule has 0 radical (unpaired) electrons. The number of aromatic amines is 2. The molecule has 0 atom stereocenters. The maximum atomic E-state index is 3.78. The van der Waals surface area contributed by atoms with Gasteiger partial charge in [-0.2, -0.15) is 0 Å². The zero-order valence-corrected chi connectivity index (χ0v) is 17.6. The number of aromatic nitrogens is 3. The zero-order valence-electron chi connectivity index (χ0n) is 17.6. The molecular formula is C29H23N3. The highest BCUT2D eigenvalue weighted by Gasteiger charge is 2.00. The number of rotatable bonds is 0. The molecule has 0 fully saturated rings. The standard InChI is InChI=1S/2C12H9N.C5H5N/c1-3-7-11-9(5-1)10-6-2-4-8-12(10)13-11;1-2-4-11-9(3-1)5-6-10-7-8-13-12(10)11;1-2-4-6-5-3-1/h2*1-8,13H;1-5H. The Morgan fingerprint density at radius 2 is 1.06 bits per heavy atom. The van der Waals surface area contributed by atoms with E-state index in [2.05, 4.69) is 106 Å². The van der Waals surface area contributed by atoms with Gasteiger partial charge in [-0.1, -0.05) is 78.9 Å². The molecule has 7 rings (SSSR count). The number of fused-ring (bicyclic) bond motifs is 6. The van der Waals surface area contributed by atoms with Crippen molar-refractivity contribution in [2.45, 2.75) is 0 Å². The molecule has 3 nitrogen and oxygen atoms in total. The van der Waals surface area contributed by atoms with Crippen molar-refractivity contribution in [1.29, 1.82) is 0 Å². The van der Waals surface area contributed by atoms with E-state index in [1.165, 1.54) is 43.5 Å². The van der Waals surface area contributed by atoms with Gasteiger partial charge in [0, 0.05) is 51.2 Å². The maximum Gasteiger partial charge on any atom is 0.0533 e. The SMILES string of the molecule is c1ccc2c(c1)[nH]c1ccccc12.c1ccc2c(c1)ccc1cc[nH]c12.c1ccncc1. The summed E-state index contributed by atoms with van der Waals surface area (Å²) < 4.78 is 0. The first kappa shape index (κ1) is 19.6. The van der Waals surface area contributed by atoms with E-state index in [1.807, 2.05) is 24.4 Å². The van der Waals surface area contributed by atoms with Crippen molar-refractivity contribution in [1.82, 2.24) is 15.0 Å². The van der Waals surface area contributed by atoms with Gasteiger partial charge >= 0.3 is 0 Å². The van der Waals surface area contributed by atoms with Crippen LogP contribution in [-0.4, -0.2) is 15.0 Å². The molecule has 0 aliphatic heterocycles. The fraction of sp³-hybridized carbons (Fsp3) is 0. The van der Waals surface area contributed by atoms with Crippen molar-refractivity contribution in [3.63, 3.8) is 0 Å². The predicted molar refractivity (Wildman–Crippen MR) is 136 cm³/mol. The third-order valence-corrected chi connectivity index (χ3v) is 5.43. The normalized spacial score (nSPS) is 10.5. The van der Waals surface area contributed by atoms with Crippen LogP contribution >= 0.6 is 0 Å². The smallest absolute Gasteiger partial charge is 0.0533 e. The molecule has 3 heteroatoms. The summed E-state index contributed by atoms with van der Waals surface area (Å²) in [6.07, 6.45) is 5.48. The first-order chi connectivity index (χ1) is 15.9. The van der Waals surface area contributed by atoms with Crippen LogP contribution in [0.2, 0.25) is 0 Å². The highest BCUT2D eigenvalue weighted by molar-refractivity contribution is 6.07. The van der Waals surface area contributed by atoms with Crippen LogP contribution < -0.4 is 0 Å². The summed E-state index contributed by atoms with van der Waals surface area (Å²) in [7, 11) is 0. The average molecular weight is 414 g/mol. The Morgan fingerprint density at radius 1 is 0.469 bits per heavy atom. The van der Waals surface area contributed by atoms with E-state index >= 15 is 0 Å². The number of nitrogens with one attached hydrogen (secondary N) is 2. The zero-order chi connectivity index (χ0) is 21.6. The first-order valence-corrected chi connectivity index (χ1v) is 10.7. The van der Waals surface area contributed by atoms with Gasteiger partial charge in [-0.05, 0) is 35.7 Å². The highest BCUT2D eigenvalue weighted by atomic mass is 14.7. The summed E-state index contributed by atoms with van der Waals surface area (Å²) in [6.45, 7) is 0. The van der Waals surface area contributed by atoms with Crippen LogP contribution in [0.3, 0.4) is 0 Å². The lowest BCUT2D eigenvalue weighted by Gasteiger charge is -1.97. The molecule has 0 aliphatic rings. The third-order valence-electron chi connectivity index (χ3n) is 5.43. The molecule has 7 aromatic rings. The van der Waals surface area contributed by atoms with E-state index in [9.17, 15) is 0 Å². The Bertz CT molecular complexity index is 1490. The van der Waals surface area contributed by atoms with Gasteiger partial charge in [0.25, 0.3) is 0 Å². The number of hydrogen-bond acceptors (Lipinski definition) is 1. The minimum atomic E-state index is 1.21. The molecule has 0 bridgehead atoms. The summed E-state index contributed by atoms with van der Waals surface area (Å²) >= 11 is 0. The third kappa shape index (κ3) is 4.09. The van der Waals surface area contributed by atoms with Gasteiger partial charge in [0.15, 0.2) is 0 Å². The molecule has 154 valence electrons. The Kier molecular flexibility index (Phi) is 5.62. The monoisotopic (exact) mass is 413 g/mol. The molecule has 3 aromatic heterocycles.